The van der Waals surface area contributed by atoms with Gasteiger partial charge in [0.2, 0.25) is 0 Å². The molecule has 0 N–H and O–H groups in total. The van der Waals surface area contributed by atoms with E-state index >= 15 is 0 Å². The van der Waals surface area contributed by atoms with Crippen molar-refractivity contribution in [1.29, 1.82) is 0 Å². The van der Waals surface area contributed by atoms with Crippen LogP contribution in [-0.2, 0) is 8.85 Å². The molecule has 0 aromatic carbocycles. The Bertz CT molecular complexity index is 269. The third-order valence-corrected chi connectivity index (χ3v) is 11.0. The van der Waals surface area contributed by atoms with Crippen molar-refractivity contribution in [2.24, 2.45) is 10.8 Å². The lowest BCUT2D eigenvalue weighted by Gasteiger charge is -2.60. The highest BCUT2D eigenvalue weighted by Gasteiger charge is 2.65. The van der Waals surface area contributed by atoms with Crippen LogP contribution in [-0.4, -0.2) is 22.8 Å². The highest BCUT2D eigenvalue weighted by Crippen LogP contribution is 2.65. The largest absolute Gasteiger partial charge is 0.397 e. The van der Waals surface area contributed by atoms with Gasteiger partial charge >= 0.3 is 8.56 Å². The van der Waals surface area contributed by atoms with Crippen LogP contribution in [0.2, 0.25) is 11.1 Å². The van der Waals surface area contributed by atoms with Gasteiger partial charge in [-0.1, -0.05) is 27.7 Å². The first-order valence-corrected chi connectivity index (χ1v) is 8.87. The molecule has 0 bridgehead atoms. The molecule has 0 amide bonds. The molecule has 0 heterocycles. The molecule has 2 aliphatic rings. The minimum atomic E-state index is -2.05. The molecule has 100 valence electrons. The molecule has 2 unspecified atom stereocenters. The normalized spacial score (nSPS) is 34.9. The van der Waals surface area contributed by atoms with Crippen LogP contribution < -0.4 is 0 Å². The molecule has 3 heteroatoms. The van der Waals surface area contributed by atoms with E-state index in [0.717, 1.165) is 0 Å². The van der Waals surface area contributed by atoms with Crippen molar-refractivity contribution >= 4 is 8.56 Å². The van der Waals surface area contributed by atoms with E-state index in [1.807, 2.05) is 14.2 Å². The summed E-state index contributed by atoms with van der Waals surface area (Å²) in [7, 11) is 1.73. The summed E-state index contributed by atoms with van der Waals surface area (Å²) in [6.07, 6.45) is 5.25. The van der Waals surface area contributed by atoms with Crippen LogP contribution in [0.3, 0.4) is 0 Å². The zero-order chi connectivity index (χ0) is 12.9. The van der Waals surface area contributed by atoms with Gasteiger partial charge in [0.25, 0.3) is 0 Å². The summed E-state index contributed by atoms with van der Waals surface area (Å²) in [5.41, 5.74) is 2.19. The van der Waals surface area contributed by atoms with Gasteiger partial charge in [-0.3, -0.25) is 0 Å². The predicted octanol–water partition coefficient (Wildman–Crippen LogP) is 4.10. The standard InChI is InChI=1S/C14H28O2Si/c1-13(2)9-7-11(13)17(15-5,16-6)12-8-10-14(12,3)4/h11-12H,7-10H2,1-6H3. The maximum atomic E-state index is 6.08. The van der Waals surface area contributed by atoms with E-state index in [9.17, 15) is 0 Å². The smallest absolute Gasteiger partial charge is 0.345 e. The van der Waals surface area contributed by atoms with Gasteiger partial charge in [-0.2, -0.15) is 0 Å². The maximum Gasteiger partial charge on any atom is 0.345 e. The van der Waals surface area contributed by atoms with Crippen molar-refractivity contribution < 1.29 is 8.85 Å². The molecule has 0 spiro atoms. The fraction of sp³-hybridized carbons (Fsp3) is 1.00. The Morgan fingerprint density at radius 2 is 1.18 bits per heavy atom. The lowest BCUT2D eigenvalue weighted by molar-refractivity contribution is 0.0660. The summed E-state index contributed by atoms with van der Waals surface area (Å²) in [4.78, 5) is 0. The van der Waals surface area contributed by atoms with Crippen molar-refractivity contribution in [3.8, 4) is 0 Å². The molecule has 2 rings (SSSR count). The van der Waals surface area contributed by atoms with E-state index in [2.05, 4.69) is 27.7 Å². The molecule has 2 aliphatic carbocycles. The molecule has 17 heavy (non-hydrogen) atoms. The topological polar surface area (TPSA) is 18.5 Å². The summed E-state index contributed by atoms with van der Waals surface area (Å²) >= 11 is 0. The number of hydrogen-bond donors (Lipinski definition) is 0. The third kappa shape index (κ3) is 1.82. The molecule has 2 nitrogen and oxygen atoms in total. The molecule has 0 radical (unpaired) electrons. The minimum absolute atomic E-state index is 0.421. The fourth-order valence-electron chi connectivity index (χ4n) is 4.12. The quantitative estimate of drug-likeness (QED) is 0.705. The third-order valence-electron chi connectivity index (χ3n) is 5.65. The van der Waals surface area contributed by atoms with Crippen LogP contribution in [0, 0.1) is 10.8 Å². The van der Waals surface area contributed by atoms with Crippen LogP contribution in [0.15, 0.2) is 0 Å². The van der Waals surface area contributed by atoms with E-state index in [1.165, 1.54) is 25.7 Å². The van der Waals surface area contributed by atoms with Crippen molar-refractivity contribution in [2.45, 2.75) is 64.5 Å². The van der Waals surface area contributed by atoms with E-state index < -0.39 is 8.56 Å². The van der Waals surface area contributed by atoms with E-state index in [-0.39, 0.29) is 0 Å². The van der Waals surface area contributed by atoms with Crippen LogP contribution in [0.5, 0.6) is 0 Å². The van der Waals surface area contributed by atoms with Gasteiger partial charge in [0.15, 0.2) is 0 Å². The molecule has 0 saturated heterocycles. The number of hydrogen-bond acceptors (Lipinski definition) is 2. The second-order valence-corrected chi connectivity index (χ2v) is 10.9. The zero-order valence-electron chi connectivity index (χ0n) is 12.3. The summed E-state index contributed by atoms with van der Waals surface area (Å²) in [6, 6.07) is 0. The molecule has 2 fully saturated rings. The molecule has 2 atom stereocenters. The minimum Gasteiger partial charge on any atom is -0.397 e. The van der Waals surface area contributed by atoms with Crippen molar-refractivity contribution in [1.82, 2.24) is 0 Å². The molecule has 0 aromatic rings. The molecule has 0 aromatic heterocycles. The molecular formula is C14H28O2Si. The first-order chi connectivity index (χ1) is 7.80. The zero-order valence-corrected chi connectivity index (χ0v) is 13.3. The SMILES string of the molecule is CO[Si](OC)(C1CCC1(C)C)C1CCC1(C)C. The van der Waals surface area contributed by atoms with Gasteiger partial charge in [0, 0.05) is 25.3 Å². The Balaban J connectivity index is 2.27. The molecular weight excluding hydrogens is 228 g/mol. The summed E-state index contributed by atoms with van der Waals surface area (Å²) in [5.74, 6) is 0. The Labute approximate surface area is 107 Å². The van der Waals surface area contributed by atoms with Crippen LogP contribution in [0.25, 0.3) is 0 Å². The average molecular weight is 256 g/mol. The second-order valence-electron chi connectivity index (χ2n) is 7.29. The van der Waals surface area contributed by atoms with E-state index in [0.29, 0.717) is 21.9 Å². The fourth-order valence-corrected chi connectivity index (χ4v) is 9.47. The lowest BCUT2D eigenvalue weighted by Crippen LogP contribution is -2.62. The van der Waals surface area contributed by atoms with E-state index in [1.54, 1.807) is 0 Å². The summed E-state index contributed by atoms with van der Waals surface area (Å²) in [5, 5.41) is 0. The molecule has 2 saturated carbocycles. The van der Waals surface area contributed by atoms with Crippen LogP contribution >= 0.6 is 0 Å². The first kappa shape index (κ1) is 13.6. The van der Waals surface area contributed by atoms with Gasteiger partial charge in [0.05, 0.1) is 0 Å². The van der Waals surface area contributed by atoms with Crippen molar-refractivity contribution in [3.63, 3.8) is 0 Å². The van der Waals surface area contributed by atoms with Crippen molar-refractivity contribution in [3.05, 3.63) is 0 Å². The van der Waals surface area contributed by atoms with Gasteiger partial charge in [-0.25, -0.2) is 0 Å². The van der Waals surface area contributed by atoms with Crippen LogP contribution in [0.1, 0.15) is 53.4 Å². The van der Waals surface area contributed by atoms with E-state index in [4.69, 9.17) is 8.85 Å². The van der Waals surface area contributed by atoms with Gasteiger partial charge in [-0.05, 0) is 36.5 Å². The lowest BCUT2D eigenvalue weighted by atomic mass is 9.70. The highest BCUT2D eigenvalue weighted by molar-refractivity contribution is 6.71. The average Bonchev–Trinajstić information content (AvgIpc) is 2.25. The second kappa shape index (κ2) is 4.07. The highest BCUT2D eigenvalue weighted by atomic mass is 28.4. The summed E-state index contributed by atoms with van der Waals surface area (Å²) in [6.45, 7) is 9.53. The first-order valence-electron chi connectivity index (χ1n) is 6.90. The van der Waals surface area contributed by atoms with Crippen LogP contribution in [0.4, 0.5) is 0 Å². The number of rotatable bonds is 4. The Morgan fingerprint density at radius 1 is 0.824 bits per heavy atom. The van der Waals surface area contributed by atoms with Crippen molar-refractivity contribution in [2.75, 3.05) is 14.2 Å². The van der Waals surface area contributed by atoms with Gasteiger partial charge < -0.3 is 8.85 Å². The Hall–Kier alpha value is 0.137. The van der Waals surface area contributed by atoms with Gasteiger partial charge in [0.1, 0.15) is 0 Å². The maximum absolute atomic E-state index is 6.08. The molecule has 0 aliphatic heterocycles. The Morgan fingerprint density at radius 3 is 1.29 bits per heavy atom. The monoisotopic (exact) mass is 256 g/mol. The summed E-state index contributed by atoms with van der Waals surface area (Å²) < 4.78 is 12.2. The van der Waals surface area contributed by atoms with Gasteiger partial charge in [-0.15, -0.1) is 0 Å². The predicted molar refractivity (Wildman–Crippen MR) is 73.3 cm³/mol. The Kier molecular flexibility index (Phi) is 3.25.